The fourth-order valence-corrected chi connectivity index (χ4v) is 3.17. The first kappa shape index (κ1) is 20.0. The number of nitrogens with zero attached hydrogens (tertiary/aromatic N) is 2. The fraction of sp³-hybridized carbons (Fsp3) is 0.118. The molecular weight excluding hydrogens is 375 g/mol. The highest BCUT2D eigenvalue weighted by Gasteiger charge is 2.23. The summed E-state index contributed by atoms with van der Waals surface area (Å²) in [7, 11) is -2.78. The minimum absolute atomic E-state index is 0.0906. The average Bonchev–Trinajstić information content (AvgIpc) is 2.66. The van der Waals surface area contributed by atoms with Crippen LogP contribution in [0.4, 0.5) is 4.39 Å². The number of sulfonamides is 1. The Kier molecular flexibility index (Phi) is 6.23. The minimum atomic E-state index is -3.97. The smallest absolute Gasteiger partial charge is 0.272 e. The molecule has 8 nitrogen and oxygen atoms in total. The number of hydrazine groups is 1. The van der Waals surface area contributed by atoms with Crippen molar-refractivity contribution in [3.8, 4) is 6.07 Å². The maximum Gasteiger partial charge on any atom is 0.272 e. The lowest BCUT2D eigenvalue weighted by atomic mass is 10.2. The van der Waals surface area contributed by atoms with Gasteiger partial charge in [-0.2, -0.15) is 9.57 Å². The summed E-state index contributed by atoms with van der Waals surface area (Å²) in [6.07, 6.45) is 0. The largest absolute Gasteiger partial charge is 0.272 e. The fourth-order valence-electron chi connectivity index (χ4n) is 2.05. The average molecular weight is 390 g/mol. The highest BCUT2D eigenvalue weighted by molar-refractivity contribution is 7.89. The molecule has 0 atom stereocenters. The highest BCUT2D eigenvalue weighted by atomic mass is 32.2. The van der Waals surface area contributed by atoms with Crippen LogP contribution < -0.4 is 10.9 Å². The van der Waals surface area contributed by atoms with Crippen molar-refractivity contribution in [1.29, 1.82) is 5.26 Å². The molecule has 2 amide bonds. The lowest BCUT2D eigenvalue weighted by Gasteiger charge is -2.17. The van der Waals surface area contributed by atoms with Crippen LogP contribution in [0, 0.1) is 17.1 Å². The van der Waals surface area contributed by atoms with E-state index in [9.17, 15) is 22.4 Å². The van der Waals surface area contributed by atoms with Gasteiger partial charge >= 0.3 is 0 Å². The first-order chi connectivity index (χ1) is 12.8. The van der Waals surface area contributed by atoms with Gasteiger partial charge in [0.1, 0.15) is 5.82 Å². The number of carbonyl (C=O) groups is 2. The number of halogens is 1. The van der Waals surface area contributed by atoms with Gasteiger partial charge in [0.15, 0.2) is 0 Å². The lowest BCUT2D eigenvalue weighted by molar-refractivity contribution is -0.121. The van der Waals surface area contributed by atoms with E-state index in [0.29, 0.717) is 5.56 Å². The van der Waals surface area contributed by atoms with E-state index < -0.39 is 34.2 Å². The summed E-state index contributed by atoms with van der Waals surface area (Å²) in [5.74, 6) is -2.46. The minimum Gasteiger partial charge on any atom is -0.272 e. The van der Waals surface area contributed by atoms with Crippen LogP contribution in [-0.4, -0.2) is 38.1 Å². The molecule has 0 radical (unpaired) electrons. The molecule has 0 aromatic heterocycles. The third-order valence-electron chi connectivity index (χ3n) is 3.49. The zero-order valence-electron chi connectivity index (χ0n) is 14.1. The quantitative estimate of drug-likeness (QED) is 0.731. The molecule has 2 rings (SSSR count). The molecule has 0 aliphatic carbocycles. The molecule has 2 aromatic rings. The van der Waals surface area contributed by atoms with Gasteiger partial charge in [0, 0.05) is 7.05 Å². The van der Waals surface area contributed by atoms with Crippen molar-refractivity contribution in [2.45, 2.75) is 4.90 Å². The third-order valence-corrected chi connectivity index (χ3v) is 5.31. The Morgan fingerprint density at radius 3 is 2.33 bits per heavy atom. The van der Waals surface area contributed by atoms with Gasteiger partial charge in [0.05, 0.1) is 28.6 Å². The summed E-state index contributed by atoms with van der Waals surface area (Å²) in [6, 6.07) is 12.3. The Morgan fingerprint density at radius 1 is 1.11 bits per heavy atom. The predicted molar refractivity (Wildman–Crippen MR) is 93.0 cm³/mol. The summed E-state index contributed by atoms with van der Waals surface area (Å²) in [6.45, 7) is -0.583. The summed E-state index contributed by atoms with van der Waals surface area (Å²) in [4.78, 5) is 23.6. The van der Waals surface area contributed by atoms with Gasteiger partial charge in [-0.15, -0.1) is 0 Å². The van der Waals surface area contributed by atoms with Gasteiger partial charge in [-0.05, 0) is 36.4 Å². The van der Waals surface area contributed by atoms with Gasteiger partial charge in [-0.25, -0.2) is 12.8 Å². The number of nitriles is 1. The molecule has 0 bridgehead atoms. The van der Waals surface area contributed by atoms with Crippen LogP contribution in [0.15, 0.2) is 53.4 Å². The van der Waals surface area contributed by atoms with Crippen molar-refractivity contribution in [3.05, 3.63) is 65.5 Å². The molecule has 140 valence electrons. The second-order valence-electron chi connectivity index (χ2n) is 5.38. The molecule has 0 spiro atoms. The molecule has 2 N–H and O–H groups in total. The van der Waals surface area contributed by atoms with Gasteiger partial charge in [-0.1, -0.05) is 12.1 Å². The van der Waals surface area contributed by atoms with E-state index in [2.05, 4.69) is 0 Å². The number of hydrogen-bond acceptors (Lipinski definition) is 5. The standard InChI is InChI=1S/C17H15FN4O4S/c1-22(27(25,26)13-8-6-12(10-19)7-9-13)11-16(23)20-21-17(24)14-4-2-3-5-15(14)18/h2-9H,11H2,1H3,(H,20,23)(H,21,24). The van der Waals surface area contributed by atoms with E-state index in [1.807, 2.05) is 16.9 Å². The maximum absolute atomic E-state index is 13.5. The molecule has 0 heterocycles. The van der Waals surface area contributed by atoms with Gasteiger partial charge in [0.25, 0.3) is 11.8 Å². The van der Waals surface area contributed by atoms with E-state index in [0.717, 1.165) is 10.4 Å². The highest BCUT2D eigenvalue weighted by Crippen LogP contribution is 2.14. The van der Waals surface area contributed by atoms with Gasteiger partial charge < -0.3 is 0 Å². The number of nitrogens with one attached hydrogen (secondary N) is 2. The number of carbonyl (C=O) groups excluding carboxylic acids is 2. The molecule has 27 heavy (non-hydrogen) atoms. The van der Waals surface area contributed by atoms with E-state index in [1.54, 1.807) is 0 Å². The third kappa shape index (κ3) is 4.87. The van der Waals surface area contributed by atoms with Crippen molar-refractivity contribution in [2.75, 3.05) is 13.6 Å². The van der Waals surface area contributed by atoms with E-state index in [1.165, 1.54) is 49.5 Å². The summed E-state index contributed by atoms with van der Waals surface area (Å²) in [5.41, 5.74) is 4.07. The Bertz CT molecular complexity index is 1000. The Balaban J connectivity index is 1.97. The zero-order chi connectivity index (χ0) is 20.0. The van der Waals surface area contributed by atoms with Crippen molar-refractivity contribution < 1.29 is 22.4 Å². The molecular formula is C17H15FN4O4S. The van der Waals surface area contributed by atoms with Crippen molar-refractivity contribution in [2.24, 2.45) is 0 Å². The maximum atomic E-state index is 13.5. The molecule has 0 saturated carbocycles. The van der Waals surface area contributed by atoms with E-state index in [-0.39, 0.29) is 10.5 Å². The zero-order valence-corrected chi connectivity index (χ0v) is 15.0. The van der Waals surface area contributed by atoms with E-state index in [4.69, 9.17) is 5.26 Å². The number of hydrogen-bond donors (Lipinski definition) is 2. The topological polar surface area (TPSA) is 119 Å². The van der Waals surface area contributed by atoms with Crippen LogP contribution in [0.5, 0.6) is 0 Å². The number of benzene rings is 2. The van der Waals surface area contributed by atoms with Crippen molar-refractivity contribution >= 4 is 21.8 Å². The molecule has 0 fully saturated rings. The van der Waals surface area contributed by atoms with Crippen LogP contribution in [0.25, 0.3) is 0 Å². The summed E-state index contributed by atoms with van der Waals surface area (Å²) in [5, 5.41) is 8.74. The molecule has 2 aromatic carbocycles. The van der Waals surface area contributed by atoms with Gasteiger partial charge in [-0.3, -0.25) is 20.4 Å². The number of rotatable bonds is 5. The summed E-state index contributed by atoms with van der Waals surface area (Å²) >= 11 is 0. The Labute approximate surface area is 155 Å². The van der Waals surface area contributed by atoms with Gasteiger partial charge in [0.2, 0.25) is 10.0 Å². The van der Waals surface area contributed by atoms with Crippen LogP contribution in [0.1, 0.15) is 15.9 Å². The Hall–Kier alpha value is -3.29. The van der Waals surface area contributed by atoms with E-state index >= 15 is 0 Å². The van der Waals surface area contributed by atoms with Crippen LogP contribution in [0.3, 0.4) is 0 Å². The molecule has 0 unspecified atom stereocenters. The predicted octanol–water partition coefficient (Wildman–Crippen LogP) is 0.779. The SMILES string of the molecule is CN(CC(=O)NNC(=O)c1ccccc1F)S(=O)(=O)c1ccc(C#N)cc1. The molecule has 0 aliphatic rings. The number of amides is 2. The molecule has 0 aliphatic heterocycles. The molecule has 10 heteroatoms. The lowest BCUT2D eigenvalue weighted by Crippen LogP contribution is -2.46. The normalized spacial score (nSPS) is 10.9. The number of likely N-dealkylation sites (N-methyl/N-ethyl adjacent to an activating group) is 1. The second kappa shape index (κ2) is 8.39. The summed E-state index contributed by atoms with van der Waals surface area (Å²) < 4.78 is 39.1. The van der Waals surface area contributed by atoms with Crippen LogP contribution in [-0.2, 0) is 14.8 Å². The van der Waals surface area contributed by atoms with Crippen LogP contribution in [0.2, 0.25) is 0 Å². The monoisotopic (exact) mass is 390 g/mol. The first-order valence-corrected chi connectivity index (χ1v) is 9.00. The first-order valence-electron chi connectivity index (χ1n) is 7.56. The van der Waals surface area contributed by atoms with Crippen LogP contribution >= 0.6 is 0 Å². The van der Waals surface area contributed by atoms with Crippen molar-refractivity contribution in [1.82, 2.24) is 15.2 Å². The van der Waals surface area contributed by atoms with Crippen molar-refractivity contribution in [3.63, 3.8) is 0 Å². The second-order valence-corrected chi connectivity index (χ2v) is 7.42. The Morgan fingerprint density at radius 2 is 1.74 bits per heavy atom. The molecule has 0 saturated heterocycles.